The monoisotopic (exact) mass is 289 g/mol. The molecule has 2 heterocycles. The van der Waals surface area contributed by atoms with Crippen LogP contribution in [-0.2, 0) is 17.8 Å². The van der Waals surface area contributed by atoms with Gasteiger partial charge in [-0.25, -0.2) is 0 Å². The second-order valence-electron chi connectivity index (χ2n) is 5.05. The Morgan fingerprint density at radius 1 is 1.29 bits per heavy atom. The molecular formula is C14H19N5O2. The van der Waals surface area contributed by atoms with Gasteiger partial charge in [-0.15, -0.1) is 10.2 Å². The van der Waals surface area contributed by atoms with E-state index < -0.39 is 0 Å². The van der Waals surface area contributed by atoms with E-state index in [0.29, 0.717) is 19.0 Å². The molecule has 1 aromatic heterocycles. The first kappa shape index (κ1) is 14.1. The normalized spacial score (nSPS) is 19.8. The number of morpholine rings is 1. The molecule has 1 aromatic carbocycles. The first-order valence-corrected chi connectivity index (χ1v) is 7.11. The number of rotatable bonds is 5. The van der Waals surface area contributed by atoms with Crippen LogP contribution in [0.25, 0.3) is 0 Å². The van der Waals surface area contributed by atoms with Gasteiger partial charge < -0.3 is 9.84 Å². The summed E-state index contributed by atoms with van der Waals surface area (Å²) in [5.41, 5.74) is 1.29. The van der Waals surface area contributed by atoms with Gasteiger partial charge in [0.05, 0.1) is 19.8 Å². The lowest BCUT2D eigenvalue weighted by Gasteiger charge is -2.31. The fourth-order valence-corrected chi connectivity index (χ4v) is 2.41. The molecule has 1 fully saturated rings. The van der Waals surface area contributed by atoms with Gasteiger partial charge in [0, 0.05) is 19.6 Å². The summed E-state index contributed by atoms with van der Waals surface area (Å²) < 4.78 is 5.74. The van der Waals surface area contributed by atoms with Crippen LogP contribution < -0.4 is 0 Å². The Hall–Kier alpha value is -1.83. The van der Waals surface area contributed by atoms with Gasteiger partial charge in [-0.1, -0.05) is 30.3 Å². The molecule has 0 bridgehead atoms. The summed E-state index contributed by atoms with van der Waals surface area (Å²) in [5.74, 6) is 0.584. The van der Waals surface area contributed by atoms with Crippen molar-refractivity contribution in [3.8, 4) is 0 Å². The highest BCUT2D eigenvalue weighted by Gasteiger charge is 2.25. The fourth-order valence-electron chi connectivity index (χ4n) is 2.41. The Bertz CT molecular complexity index is 560. The number of benzene rings is 1. The maximum absolute atomic E-state index is 8.88. The molecule has 0 saturated carbocycles. The van der Waals surface area contributed by atoms with Crippen molar-refractivity contribution in [2.45, 2.75) is 19.2 Å². The average molecular weight is 289 g/mol. The second kappa shape index (κ2) is 6.75. The minimum atomic E-state index is -0.157. The summed E-state index contributed by atoms with van der Waals surface area (Å²) in [5, 5.41) is 21.1. The van der Waals surface area contributed by atoms with E-state index in [2.05, 4.69) is 44.6 Å². The number of tetrazole rings is 1. The maximum atomic E-state index is 8.88. The molecule has 1 atom stereocenters. The number of aromatic nitrogens is 4. The Balaban J connectivity index is 1.62. The minimum absolute atomic E-state index is 0.00144. The summed E-state index contributed by atoms with van der Waals surface area (Å²) >= 11 is 0. The van der Waals surface area contributed by atoms with Gasteiger partial charge >= 0.3 is 0 Å². The number of aliphatic hydroxyl groups excluding tert-OH is 1. The molecule has 1 aliphatic rings. The van der Waals surface area contributed by atoms with E-state index in [-0.39, 0.29) is 12.7 Å². The van der Waals surface area contributed by atoms with Gasteiger partial charge in [0.2, 0.25) is 5.82 Å². The molecular weight excluding hydrogens is 270 g/mol. The lowest BCUT2D eigenvalue weighted by Crippen LogP contribution is -2.38. The molecule has 2 aromatic rings. The molecule has 1 unspecified atom stereocenters. The highest BCUT2D eigenvalue weighted by Crippen LogP contribution is 2.19. The zero-order valence-electron chi connectivity index (χ0n) is 11.8. The van der Waals surface area contributed by atoms with E-state index in [1.807, 2.05) is 6.07 Å². The Labute approximate surface area is 123 Å². The summed E-state index contributed by atoms with van der Waals surface area (Å²) in [7, 11) is 0. The van der Waals surface area contributed by atoms with Crippen LogP contribution in [0.1, 0.15) is 17.5 Å². The molecule has 0 radical (unpaired) electrons. The second-order valence-corrected chi connectivity index (χ2v) is 5.05. The number of aliphatic hydroxyl groups is 1. The smallest absolute Gasteiger partial charge is 0.204 e. The van der Waals surface area contributed by atoms with Crippen molar-refractivity contribution in [1.82, 2.24) is 25.1 Å². The summed E-state index contributed by atoms with van der Waals surface area (Å²) in [4.78, 5) is 3.73. The van der Waals surface area contributed by atoms with E-state index in [9.17, 15) is 0 Å². The highest BCUT2D eigenvalue weighted by atomic mass is 16.5. The molecule has 0 spiro atoms. The molecule has 1 N–H and O–H groups in total. The van der Waals surface area contributed by atoms with Gasteiger partial charge in [-0.3, -0.25) is 4.90 Å². The van der Waals surface area contributed by atoms with Crippen LogP contribution in [0.15, 0.2) is 30.3 Å². The van der Waals surface area contributed by atoms with E-state index in [1.54, 1.807) is 0 Å². The van der Waals surface area contributed by atoms with Crippen molar-refractivity contribution in [3.05, 3.63) is 41.7 Å². The standard InChI is InChI=1S/C14H19N5O2/c20-8-6-19-16-14(15-17-19)13-11-18(7-9-21-13)10-12-4-2-1-3-5-12/h1-5,13,20H,6-11H2. The van der Waals surface area contributed by atoms with Crippen LogP contribution in [0.2, 0.25) is 0 Å². The van der Waals surface area contributed by atoms with Gasteiger partial charge in [-0.05, 0) is 10.8 Å². The van der Waals surface area contributed by atoms with Crippen molar-refractivity contribution < 1.29 is 9.84 Å². The van der Waals surface area contributed by atoms with Crippen molar-refractivity contribution in [2.24, 2.45) is 0 Å². The predicted octanol–water partition coefficient (Wildman–Crippen LogP) is 0.239. The molecule has 7 nitrogen and oxygen atoms in total. The third-order valence-corrected chi connectivity index (χ3v) is 3.46. The van der Waals surface area contributed by atoms with E-state index >= 15 is 0 Å². The van der Waals surface area contributed by atoms with Crippen LogP contribution in [0.5, 0.6) is 0 Å². The predicted molar refractivity (Wildman–Crippen MR) is 75.3 cm³/mol. The number of hydrogen-bond donors (Lipinski definition) is 1. The minimum Gasteiger partial charge on any atom is -0.394 e. The highest BCUT2D eigenvalue weighted by molar-refractivity contribution is 5.14. The van der Waals surface area contributed by atoms with E-state index in [1.165, 1.54) is 10.4 Å². The van der Waals surface area contributed by atoms with Crippen LogP contribution >= 0.6 is 0 Å². The van der Waals surface area contributed by atoms with Gasteiger partial charge in [0.1, 0.15) is 6.10 Å². The Kier molecular flexibility index (Phi) is 4.54. The summed E-state index contributed by atoms with van der Waals surface area (Å²) in [6.07, 6.45) is -0.157. The Morgan fingerprint density at radius 3 is 2.95 bits per heavy atom. The largest absolute Gasteiger partial charge is 0.394 e. The molecule has 112 valence electrons. The first-order chi connectivity index (χ1) is 10.3. The molecule has 7 heteroatoms. The third-order valence-electron chi connectivity index (χ3n) is 3.46. The number of hydrogen-bond acceptors (Lipinski definition) is 6. The SMILES string of the molecule is OCCn1nnc(C2CN(Cc3ccccc3)CCO2)n1. The topological polar surface area (TPSA) is 76.3 Å². The van der Waals surface area contributed by atoms with Gasteiger partial charge in [0.15, 0.2) is 0 Å². The molecule has 0 aliphatic carbocycles. The van der Waals surface area contributed by atoms with Crippen molar-refractivity contribution in [3.63, 3.8) is 0 Å². The molecule has 21 heavy (non-hydrogen) atoms. The van der Waals surface area contributed by atoms with Gasteiger partial charge in [-0.2, -0.15) is 4.80 Å². The zero-order chi connectivity index (χ0) is 14.5. The van der Waals surface area contributed by atoms with Crippen molar-refractivity contribution in [1.29, 1.82) is 0 Å². The van der Waals surface area contributed by atoms with Crippen LogP contribution in [0.4, 0.5) is 0 Å². The number of nitrogens with zero attached hydrogens (tertiary/aromatic N) is 5. The van der Waals surface area contributed by atoms with Crippen LogP contribution in [0.3, 0.4) is 0 Å². The lowest BCUT2D eigenvalue weighted by molar-refractivity contribution is -0.0373. The summed E-state index contributed by atoms with van der Waals surface area (Å²) in [6, 6.07) is 10.4. The fraction of sp³-hybridized carbons (Fsp3) is 0.500. The third kappa shape index (κ3) is 3.63. The quantitative estimate of drug-likeness (QED) is 0.849. The Morgan fingerprint density at radius 2 is 2.14 bits per heavy atom. The van der Waals surface area contributed by atoms with Crippen LogP contribution in [0, 0.1) is 0 Å². The molecule has 0 amide bonds. The molecule has 1 aliphatic heterocycles. The number of ether oxygens (including phenoxy) is 1. The zero-order valence-corrected chi connectivity index (χ0v) is 11.8. The first-order valence-electron chi connectivity index (χ1n) is 7.11. The van der Waals surface area contributed by atoms with E-state index in [0.717, 1.165) is 19.6 Å². The van der Waals surface area contributed by atoms with Gasteiger partial charge in [0.25, 0.3) is 0 Å². The molecule has 1 saturated heterocycles. The van der Waals surface area contributed by atoms with E-state index in [4.69, 9.17) is 9.84 Å². The van der Waals surface area contributed by atoms with Crippen LogP contribution in [-0.4, -0.2) is 56.5 Å². The maximum Gasteiger partial charge on any atom is 0.204 e. The average Bonchev–Trinajstić information content (AvgIpc) is 2.98. The lowest BCUT2D eigenvalue weighted by atomic mass is 10.2. The van der Waals surface area contributed by atoms with Crippen molar-refractivity contribution >= 4 is 0 Å². The summed E-state index contributed by atoms with van der Waals surface area (Å²) in [6.45, 7) is 3.56. The van der Waals surface area contributed by atoms with Crippen molar-refractivity contribution in [2.75, 3.05) is 26.3 Å². The molecule has 3 rings (SSSR count).